The van der Waals surface area contributed by atoms with E-state index in [2.05, 4.69) is 5.32 Å². The summed E-state index contributed by atoms with van der Waals surface area (Å²) in [5, 5.41) is 3.43. The molecule has 1 aromatic rings. The lowest BCUT2D eigenvalue weighted by molar-refractivity contribution is 0.0783. The van der Waals surface area contributed by atoms with E-state index in [1.54, 1.807) is 0 Å². The maximum Gasteiger partial charge on any atom is 0.253 e. The molecule has 0 bridgehead atoms. The van der Waals surface area contributed by atoms with E-state index in [-0.39, 0.29) is 5.91 Å². The normalized spacial score (nSPS) is 18.9. The van der Waals surface area contributed by atoms with Crippen LogP contribution in [0.5, 0.6) is 0 Å². The van der Waals surface area contributed by atoms with Crippen LogP contribution >= 0.6 is 0 Å². The van der Waals surface area contributed by atoms with E-state index < -0.39 is 0 Å². The zero-order chi connectivity index (χ0) is 13.1. The molecule has 0 radical (unpaired) electrons. The highest BCUT2D eigenvalue weighted by Gasteiger charge is 2.20. The molecule has 0 aliphatic carbocycles. The van der Waals surface area contributed by atoms with Crippen LogP contribution in [-0.4, -0.2) is 37.0 Å². The second kappa shape index (κ2) is 5.53. The molecule has 1 aliphatic rings. The molecule has 1 aromatic carbocycles. The summed E-state index contributed by atoms with van der Waals surface area (Å²) in [6.45, 7) is 5.89. The van der Waals surface area contributed by atoms with Gasteiger partial charge < -0.3 is 10.2 Å². The summed E-state index contributed by atoms with van der Waals surface area (Å²) in [6.07, 6.45) is 2.39. The first kappa shape index (κ1) is 13.1. The Hall–Kier alpha value is -1.35. The summed E-state index contributed by atoms with van der Waals surface area (Å²) in [7, 11) is 1.89. The molecule has 1 atom stereocenters. The number of carbonyl (C=O) groups excluding carboxylic acids is 1. The second-order valence-corrected chi connectivity index (χ2v) is 5.30. The Balaban J connectivity index is 2.07. The van der Waals surface area contributed by atoms with Crippen LogP contribution < -0.4 is 5.32 Å². The molecule has 0 aromatic heterocycles. The van der Waals surface area contributed by atoms with Gasteiger partial charge in [-0.25, -0.2) is 0 Å². The monoisotopic (exact) mass is 246 g/mol. The van der Waals surface area contributed by atoms with Crippen LogP contribution in [0.3, 0.4) is 0 Å². The SMILES string of the molecule is Cc1ccc(C)c(C(=O)N(C)CC2CCCN2)c1. The maximum atomic E-state index is 12.4. The fourth-order valence-corrected chi connectivity index (χ4v) is 2.50. The van der Waals surface area contributed by atoms with E-state index in [0.717, 1.165) is 29.8 Å². The number of aryl methyl sites for hydroxylation is 2. The minimum absolute atomic E-state index is 0.130. The fraction of sp³-hybridized carbons (Fsp3) is 0.533. The molecule has 3 heteroatoms. The molecule has 98 valence electrons. The minimum Gasteiger partial charge on any atom is -0.340 e. The maximum absolute atomic E-state index is 12.4. The number of likely N-dealkylation sites (N-methyl/N-ethyl adjacent to an activating group) is 1. The van der Waals surface area contributed by atoms with E-state index in [4.69, 9.17) is 0 Å². The predicted octanol–water partition coefficient (Wildman–Crippen LogP) is 2.13. The fourth-order valence-electron chi connectivity index (χ4n) is 2.50. The molecule has 1 unspecified atom stereocenters. The Morgan fingerprint density at radius 3 is 2.89 bits per heavy atom. The lowest BCUT2D eigenvalue weighted by Gasteiger charge is -2.22. The Bertz CT molecular complexity index is 436. The molecule has 1 N–H and O–H groups in total. The van der Waals surface area contributed by atoms with Gasteiger partial charge in [-0.1, -0.05) is 17.7 Å². The van der Waals surface area contributed by atoms with Crippen molar-refractivity contribution in [3.8, 4) is 0 Å². The van der Waals surface area contributed by atoms with Gasteiger partial charge in [-0.3, -0.25) is 4.79 Å². The van der Waals surface area contributed by atoms with Crippen molar-refractivity contribution in [3.63, 3.8) is 0 Å². The Morgan fingerprint density at radius 2 is 2.22 bits per heavy atom. The highest BCUT2D eigenvalue weighted by Crippen LogP contribution is 2.14. The number of carbonyl (C=O) groups is 1. The van der Waals surface area contributed by atoms with Crippen LogP contribution in [0.4, 0.5) is 0 Å². The van der Waals surface area contributed by atoms with Crippen LogP contribution in [0.2, 0.25) is 0 Å². The molecule has 1 amide bonds. The van der Waals surface area contributed by atoms with Gasteiger partial charge in [-0.05, 0) is 44.9 Å². The first-order valence-corrected chi connectivity index (χ1v) is 6.64. The van der Waals surface area contributed by atoms with Crippen molar-refractivity contribution in [2.45, 2.75) is 32.7 Å². The van der Waals surface area contributed by atoms with Crippen molar-refractivity contribution >= 4 is 5.91 Å². The van der Waals surface area contributed by atoms with Gasteiger partial charge in [0, 0.05) is 25.2 Å². The van der Waals surface area contributed by atoms with Gasteiger partial charge >= 0.3 is 0 Å². The smallest absolute Gasteiger partial charge is 0.253 e. The summed E-state index contributed by atoms with van der Waals surface area (Å²) in [6, 6.07) is 6.51. The van der Waals surface area contributed by atoms with Crippen LogP contribution in [0.15, 0.2) is 18.2 Å². The van der Waals surface area contributed by atoms with Gasteiger partial charge in [0.25, 0.3) is 5.91 Å². The Labute approximate surface area is 109 Å². The average molecular weight is 246 g/mol. The van der Waals surface area contributed by atoms with Crippen LogP contribution in [0, 0.1) is 13.8 Å². The van der Waals surface area contributed by atoms with E-state index in [1.807, 2.05) is 44.0 Å². The lowest BCUT2D eigenvalue weighted by Crippen LogP contribution is -2.38. The molecule has 1 aliphatic heterocycles. The largest absolute Gasteiger partial charge is 0.340 e. The topological polar surface area (TPSA) is 32.3 Å². The molecule has 1 saturated heterocycles. The summed E-state index contributed by atoms with van der Waals surface area (Å²) in [4.78, 5) is 14.2. The van der Waals surface area contributed by atoms with Crippen molar-refractivity contribution in [1.82, 2.24) is 10.2 Å². The molecule has 1 heterocycles. The number of benzene rings is 1. The van der Waals surface area contributed by atoms with Crippen LogP contribution in [0.1, 0.15) is 34.3 Å². The molecule has 1 fully saturated rings. The van der Waals surface area contributed by atoms with Crippen molar-refractivity contribution in [2.24, 2.45) is 0 Å². The van der Waals surface area contributed by atoms with E-state index in [9.17, 15) is 4.79 Å². The highest BCUT2D eigenvalue weighted by atomic mass is 16.2. The Morgan fingerprint density at radius 1 is 1.44 bits per heavy atom. The molecular formula is C15H22N2O. The highest BCUT2D eigenvalue weighted by molar-refractivity contribution is 5.95. The number of amides is 1. The van der Waals surface area contributed by atoms with Gasteiger partial charge in [0.05, 0.1) is 0 Å². The lowest BCUT2D eigenvalue weighted by atomic mass is 10.0. The van der Waals surface area contributed by atoms with Crippen molar-refractivity contribution < 1.29 is 4.79 Å². The van der Waals surface area contributed by atoms with Gasteiger partial charge in [0.2, 0.25) is 0 Å². The third-order valence-corrected chi connectivity index (χ3v) is 3.63. The third-order valence-electron chi connectivity index (χ3n) is 3.63. The molecule has 0 spiro atoms. The van der Waals surface area contributed by atoms with Gasteiger partial charge in [-0.2, -0.15) is 0 Å². The zero-order valence-corrected chi connectivity index (χ0v) is 11.5. The molecule has 3 nitrogen and oxygen atoms in total. The summed E-state index contributed by atoms with van der Waals surface area (Å²) in [5.41, 5.74) is 3.02. The zero-order valence-electron chi connectivity index (χ0n) is 11.5. The van der Waals surface area contributed by atoms with E-state index >= 15 is 0 Å². The second-order valence-electron chi connectivity index (χ2n) is 5.30. The van der Waals surface area contributed by atoms with Gasteiger partial charge in [-0.15, -0.1) is 0 Å². The predicted molar refractivity (Wildman–Crippen MR) is 73.9 cm³/mol. The van der Waals surface area contributed by atoms with Crippen molar-refractivity contribution in [2.75, 3.05) is 20.1 Å². The third kappa shape index (κ3) is 2.91. The quantitative estimate of drug-likeness (QED) is 0.886. The Kier molecular flexibility index (Phi) is 4.02. The first-order valence-electron chi connectivity index (χ1n) is 6.64. The van der Waals surface area contributed by atoms with Gasteiger partial charge in [0.1, 0.15) is 0 Å². The number of hydrogen-bond acceptors (Lipinski definition) is 2. The van der Waals surface area contributed by atoms with Crippen molar-refractivity contribution in [1.29, 1.82) is 0 Å². The summed E-state index contributed by atoms with van der Waals surface area (Å²) >= 11 is 0. The number of hydrogen-bond donors (Lipinski definition) is 1. The van der Waals surface area contributed by atoms with Crippen LogP contribution in [-0.2, 0) is 0 Å². The van der Waals surface area contributed by atoms with Crippen LogP contribution in [0.25, 0.3) is 0 Å². The first-order chi connectivity index (χ1) is 8.58. The average Bonchev–Trinajstić information content (AvgIpc) is 2.84. The number of rotatable bonds is 3. The number of nitrogens with one attached hydrogen (secondary N) is 1. The van der Waals surface area contributed by atoms with E-state index in [0.29, 0.717) is 6.04 Å². The summed E-state index contributed by atoms with van der Waals surface area (Å²) < 4.78 is 0. The standard InChI is InChI=1S/C15H22N2O/c1-11-6-7-12(2)14(9-11)15(18)17(3)10-13-5-4-8-16-13/h6-7,9,13,16H,4-5,8,10H2,1-3H3. The molecule has 0 saturated carbocycles. The summed E-state index contributed by atoms with van der Waals surface area (Å²) in [5.74, 6) is 0.130. The van der Waals surface area contributed by atoms with Crippen molar-refractivity contribution in [3.05, 3.63) is 34.9 Å². The molecule has 2 rings (SSSR count). The minimum atomic E-state index is 0.130. The number of nitrogens with zero attached hydrogens (tertiary/aromatic N) is 1. The molecule has 18 heavy (non-hydrogen) atoms. The van der Waals surface area contributed by atoms with Gasteiger partial charge in [0.15, 0.2) is 0 Å². The van der Waals surface area contributed by atoms with E-state index in [1.165, 1.54) is 12.8 Å². The molecular weight excluding hydrogens is 224 g/mol.